The zero-order valence-electron chi connectivity index (χ0n) is 17.7. The lowest BCUT2D eigenvalue weighted by molar-refractivity contribution is -0.286. The molecule has 1 amide bonds. The lowest BCUT2D eigenvalue weighted by Crippen LogP contribution is -2.28. The molecule has 1 aromatic heterocycles. The monoisotopic (exact) mass is 469 g/mol. The third kappa shape index (κ3) is 4.38. The van der Waals surface area contributed by atoms with Crippen molar-refractivity contribution in [2.24, 2.45) is 0 Å². The molecule has 0 saturated heterocycles. The Hall–Kier alpha value is -3.17. The number of rotatable bonds is 7. The van der Waals surface area contributed by atoms with E-state index < -0.39 is 11.7 Å². The molecule has 6 nitrogen and oxygen atoms in total. The van der Waals surface area contributed by atoms with Gasteiger partial charge in [-0.3, -0.25) is 9.52 Å². The van der Waals surface area contributed by atoms with Gasteiger partial charge in [0, 0.05) is 12.1 Å². The Morgan fingerprint density at radius 3 is 2.55 bits per heavy atom. The van der Waals surface area contributed by atoms with Crippen LogP contribution >= 0.6 is 11.9 Å². The lowest BCUT2D eigenvalue weighted by Gasteiger charge is -2.16. The Kier molecular flexibility index (Phi) is 5.46. The van der Waals surface area contributed by atoms with Gasteiger partial charge in [0.15, 0.2) is 11.5 Å². The first-order valence-corrected chi connectivity index (χ1v) is 11.7. The number of aromatic nitrogens is 1. The molecule has 2 aliphatic rings. The molecule has 33 heavy (non-hydrogen) atoms. The second kappa shape index (κ2) is 8.31. The lowest BCUT2D eigenvalue weighted by atomic mass is 9.94. The Bertz CT molecular complexity index is 1200. The van der Waals surface area contributed by atoms with Crippen LogP contribution in [-0.4, -0.2) is 23.4 Å². The summed E-state index contributed by atoms with van der Waals surface area (Å²) in [6, 6.07) is 18.0. The van der Waals surface area contributed by atoms with E-state index in [2.05, 4.69) is 24.5 Å². The quantitative estimate of drug-likeness (QED) is 0.469. The average Bonchev–Trinajstić information content (AvgIpc) is 3.55. The Morgan fingerprint density at radius 2 is 1.82 bits per heavy atom. The SMILES string of the molecule is CSNCc1ccc(-c2cccc(NC(=O)C3(c4ccc5c(c4)OC(F)(F)O5)CC3)n2)cc1. The van der Waals surface area contributed by atoms with Crippen molar-refractivity contribution in [1.29, 1.82) is 0 Å². The number of nitrogens with zero attached hydrogens (tertiary/aromatic N) is 1. The molecule has 0 unspecified atom stereocenters. The van der Waals surface area contributed by atoms with Crippen molar-refractivity contribution in [3.05, 3.63) is 71.8 Å². The first-order valence-electron chi connectivity index (χ1n) is 10.4. The molecule has 9 heteroatoms. The fourth-order valence-corrected chi connectivity index (χ4v) is 4.18. The number of nitrogens with one attached hydrogen (secondary N) is 2. The van der Waals surface area contributed by atoms with Crippen LogP contribution in [0.3, 0.4) is 0 Å². The van der Waals surface area contributed by atoms with Crippen molar-refractivity contribution in [1.82, 2.24) is 9.71 Å². The maximum absolute atomic E-state index is 13.3. The highest BCUT2D eigenvalue weighted by atomic mass is 32.2. The highest BCUT2D eigenvalue weighted by molar-refractivity contribution is 7.96. The molecule has 1 aliphatic carbocycles. The second-order valence-electron chi connectivity index (χ2n) is 8.00. The van der Waals surface area contributed by atoms with E-state index in [4.69, 9.17) is 0 Å². The van der Waals surface area contributed by atoms with Gasteiger partial charge in [0.25, 0.3) is 0 Å². The Morgan fingerprint density at radius 1 is 1.06 bits per heavy atom. The third-order valence-corrected chi connectivity index (χ3v) is 6.23. The molecule has 170 valence electrons. The first-order chi connectivity index (χ1) is 15.9. The zero-order valence-corrected chi connectivity index (χ0v) is 18.5. The summed E-state index contributed by atoms with van der Waals surface area (Å²) >= 11 is 1.57. The molecule has 5 rings (SSSR count). The van der Waals surface area contributed by atoms with Crippen molar-refractivity contribution in [3.63, 3.8) is 0 Å². The van der Waals surface area contributed by atoms with Gasteiger partial charge in [-0.15, -0.1) is 8.78 Å². The number of halogens is 2. The predicted molar refractivity (Wildman–Crippen MR) is 122 cm³/mol. The number of amides is 1. The van der Waals surface area contributed by atoms with Crippen LogP contribution in [0.4, 0.5) is 14.6 Å². The molecule has 0 spiro atoms. The number of carbonyl (C=O) groups is 1. The van der Waals surface area contributed by atoms with Gasteiger partial charge in [-0.05, 0) is 54.5 Å². The van der Waals surface area contributed by atoms with Gasteiger partial charge in [0.05, 0.1) is 11.1 Å². The summed E-state index contributed by atoms with van der Waals surface area (Å²) in [4.78, 5) is 17.7. The minimum atomic E-state index is -3.69. The topological polar surface area (TPSA) is 72.5 Å². The van der Waals surface area contributed by atoms with E-state index in [1.807, 2.05) is 42.7 Å². The van der Waals surface area contributed by atoms with Crippen molar-refractivity contribution in [2.45, 2.75) is 31.1 Å². The number of alkyl halides is 2. The highest BCUT2D eigenvalue weighted by Gasteiger charge is 2.52. The zero-order chi connectivity index (χ0) is 23.1. The minimum absolute atomic E-state index is 0.0374. The molecule has 0 radical (unpaired) electrons. The number of hydrogen-bond acceptors (Lipinski definition) is 6. The summed E-state index contributed by atoms with van der Waals surface area (Å²) in [6.07, 6.45) is -0.483. The molecule has 2 heterocycles. The van der Waals surface area contributed by atoms with Crippen molar-refractivity contribution in [2.75, 3.05) is 11.6 Å². The number of hydrogen-bond donors (Lipinski definition) is 2. The molecule has 1 saturated carbocycles. The van der Waals surface area contributed by atoms with Crippen LogP contribution < -0.4 is 19.5 Å². The number of ether oxygens (including phenoxy) is 2. The number of fused-ring (bicyclic) bond motifs is 1. The van der Waals surface area contributed by atoms with Crippen LogP contribution in [0.2, 0.25) is 0 Å². The van der Waals surface area contributed by atoms with Gasteiger partial charge in [-0.1, -0.05) is 48.3 Å². The summed E-state index contributed by atoms with van der Waals surface area (Å²) < 4.78 is 38.9. The molecule has 2 N–H and O–H groups in total. The Balaban J connectivity index is 1.32. The number of anilines is 1. The van der Waals surface area contributed by atoms with E-state index >= 15 is 0 Å². The van der Waals surface area contributed by atoms with Crippen LogP contribution in [0, 0.1) is 0 Å². The largest absolute Gasteiger partial charge is 0.586 e. The van der Waals surface area contributed by atoms with Crippen LogP contribution in [-0.2, 0) is 16.8 Å². The van der Waals surface area contributed by atoms with Gasteiger partial charge in [0.1, 0.15) is 5.82 Å². The van der Waals surface area contributed by atoms with Crippen LogP contribution in [0.5, 0.6) is 11.5 Å². The summed E-state index contributed by atoms with van der Waals surface area (Å²) in [7, 11) is 0. The highest BCUT2D eigenvalue weighted by Crippen LogP contribution is 2.52. The molecular formula is C24H21F2N3O3S. The first kappa shape index (κ1) is 21.7. The molecule has 1 aliphatic heterocycles. The van der Waals surface area contributed by atoms with E-state index in [0.29, 0.717) is 24.2 Å². The normalized spacial score (nSPS) is 16.9. The summed E-state index contributed by atoms with van der Waals surface area (Å²) in [5.41, 5.74) is 2.67. The fraction of sp³-hybridized carbons (Fsp3) is 0.250. The Labute approximate surface area is 193 Å². The predicted octanol–water partition coefficient (Wildman–Crippen LogP) is 5.11. The van der Waals surface area contributed by atoms with Crippen LogP contribution in [0.25, 0.3) is 11.3 Å². The standard InChI is InChI=1S/C24H21F2N3O3S/c1-33-27-14-15-5-7-16(8-6-15)18-3-2-4-21(28-18)29-22(30)23(11-12-23)17-9-10-19-20(13-17)32-24(25,26)31-19/h2-10,13,27H,11-12,14H2,1H3,(H,28,29,30). The molecule has 3 aromatic rings. The van der Waals surface area contributed by atoms with Gasteiger partial charge in [-0.2, -0.15) is 0 Å². The number of pyridine rings is 1. The number of benzene rings is 2. The van der Waals surface area contributed by atoms with Crippen molar-refractivity contribution in [3.8, 4) is 22.8 Å². The second-order valence-corrected chi connectivity index (χ2v) is 8.69. The third-order valence-electron chi connectivity index (χ3n) is 5.80. The van der Waals surface area contributed by atoms with Crippen molar-refractivity contribution >= 4 is 23.7 Å². The minimum Gasteiger partial charge on any atom is -0.395 e. The smallest absolute Gasteiger partial charge is 0.395 e. The van der Waals surface area contributed by atoms with Gasteiger partial charge in [-0.25, -0.2) is 4.98 Å². The maximum Gasteiger partial charge on any atom is 0.586 e. The van der Waals surface area contributed by atoms with Crippen molar-refractivity contribution < 1.29 is 23.0 Å². The van der Waals surface area contributed by atoms with Gasteiger partial charge >= 0.3 is 6.29 Å². The van der Waals surface area contributed by atoms with Gasteiger partial charge in [0.2, 0.25) is 5.91 Å². The summed E-state index contributed by atoms with van der Waals surface area (Å²) in [5.74, 6) is 0.109. The van der Waals surface area contributed by atoms with Crippen LogP contribution in [0.1, 0.15) is 24.0 Å². The maximum atomic E-state index is 13.3. The van der Waals surface area contributed by atoms with E-state index in [-0.39, 0.29) is 17.4 Å². The molecular weight excluding hydrogens is 448 g/mol. The van der Waals surface area contributed by atoms with E-state index in [1.54, 1.807) is 24.1 Å². The number of carbonyl (C=O) groups excluding carboxylic acids is 1. The van der Waals surface area contributed by atoms with E-state index in [0.717, 1.165) is 23.4 Å². The molecule has 0 bridgehead atoms. The van der Waals surface area contributed by atoms with E-state index in [1.165, 1.54) is 12.1 Å². The fourth-order valence-electron chi connectivity index (χ4n) is 3.87. The summed E-state index contributed by atoms with van der Waals surface area (Å²) in [5, 5.41) is 2.89. The average molecular weight is 470 g/mol. The molecule has 2 aromatic carbocycles. The summed E-state index contributed by atoms with van der Waals surface area (Å²) in [6.45, 7) is 0.768. The van der Waals surface area contributed by atoms with Gasteiger partial charge < -0.3 is 14.8 Å². The molecule has 0 atom stereocenters. The molecule has 1 fully saturated rings. The van der Waals surface area contributed by atoms with E-state index in [9.17, 15) is 13.6 Å². The van der Waals surface area contributed by atoms with Crippen LogP contribution in [0.15, 0.2) is 60.7 Å².